The second-order valence-electron chi connectivity index (χ2n) is 5.43. The zero-order chi connectivity index (χ0) is 12.9. The van der Waals surface area contributed by atoms with Gasteiger partial charge >= 0.3 is 6.09 Å². The third-order valence-corrected chi connectivity index (χ3v) is 2.79. The molecule has 100 valence electrons. The van der Waals surface area contributed by atoms with Crippen LogP contribution < -0.4 is 5.32 Å². The fourth-order valence-corrected chi connectivity index (χ4v) is 1.80. The maximum absolute atomic E-state index is 11.6. The molecule has 0 spiro atoms. The van der Waals surface area contributed by atoms with E-state index in [1.54, 1.807) is 4.90 Å². The van der Waals surface area contributed by atoms with Crippen molar-refractivity contribution in [3.8, 4) is 0 Å². The third-order valence-electron chi connectivity index (χ3n) is 2.53. The average Bonchev–Trinajstić information content (AvgIpc) is 2.11. The van der Waals surface area contributed by atoms with E-state index < -0.39 is 5.60 Å². The number of nitrogens with zero attached hydrogens (tertiary/aromatic N) is 1. The van der Waals surface area contributed by atoms with Crippen molar-refractivity contribution in [2.75, 3.05) is 25.5 Å². The van der Waals surface area contributed by atoms with Crippen LogP contribution in [0.25, 0.3) is 0 Å². The number of hydrogen-bond donors (Lipinski definition) is 1. The predicted octanol–water partition coefficient (Wildman–Crippen LogP) is 2.21. The molecule has 4 nitrogen and oxygen atoms in total. The number of alkyl halides is 1. The van der Waals surface area contributed by atoms with E-state index in [1.807, 2.05) is 20.8 Å². The zero-order valence-electron chi connectivity index (χ0n) is 11.0. The van der Waals surface area contributed by atoms with E-state index in [0.717, 1.165) is 38.4 Å². The molecule has 0 unspecified atom stereocenters. The molecular weight excluding hydrogens is 240 g/mol. The predicted molar refractivity (Wildman–Crippen MR) is 69.6 cm³/mol. The van der Waals surface area contributed by atoms with Gasteiger partial charge in [0.25, 0.3) is 0 Å². The standard InChI is InChI=1S/C12H23ClN2O2/c1-12(2,3)17-11(16)15-8-10(9-15)14-7-5-4-6-13/h10,14H,4-9H2,1-3H3. The maximum Gasteiger partial charge on any atom is 0.410 e. The molecule has 0 atom stereocenters. The second kappa shape index (κ2) is 6.45. The van der Waals surface area contributed by atoms with E-state index in [2.05, 4.69) is 5.32 Å². The van der Waals surface area contributed by atoms with Crippen molar-refractivity contribution >= 4 is 17.7 Å². The molecule has 1 N–H and O–H groups in total. The van der Waals surface area contributed by atoms with Gasteiger partial charge in [0.2, 0.25) is 0 Å². The highest BCUT2D eigenvalue weighted by Gasteiger charge is 2.32. The minimum atomic E-state index is -0.407. The molecule has 0 aliphatic carbocycles. The summed E-state index contributed by atoms with van der Waals surface area (Å²) in [6.45, 7) is 8.11. The fourth-order valence-electron chi connectivity index (χ4n) is 1.61. The summed E-state index contributed by atoms with van der Waals surface area (Å²) in [5, 5.41) is 3.39. The van der Waals surface area contributed by atoms with E-state index in [4.69, 9.17) is 16.3 Å². The summed E-state index contributed by atoms with van der Waals surface area (Å²) < 4.78 is 5.27. The van der Waals surface area contributed by atoms with Crippen LogP contribution in [0.4, 0.5) is 4.79 Å². The molecule has 0 aromatic carbocycles. The Hall–Kier alpha value is -0.480. The second-order valence-corrected chi connectivity index (χ2v) is 5.81. The van der Waals surface area contributed by atoms with Crippen molar-refractivity contribution in [3.05, 3.63) is 0 Å². The van der Waals surface area contributed by atoms with Gasteiger partial charge in [0.1, 0.15) is 5.60 Å². The molecule has 0 bridgehead atoms. The van der Waals surface area contributed by atoms with Crippen LogP contribution in [0.1, 0.15) is 33.6 Å². The zero-order valence-corrected chi connectivity index (χ0v) is 11.7. The molecule has 1 amide bonds. The van der Waals surface area contributed by atoms with E-state index in [0.29, 0.717) is 6.04 Å². The van der Waals surface area contributed by atoms with Gasteiger partial charge in [0, 0.05) is 25.0 Å². The van der Waals surface area contributed by atoms with Gasteiger partial charge < -0.3 is 15.0 Å². The van der Waals surface area contributed by atoms with Crippen molar-refractivity contribution in [1.82, 2.24) is 10.2 Å². The van der Waals surface area contributed by atoms with E-state index in [-0.39, 0.29) is 6.09 Å². The Bertz CT molecular complexity index is 247. The van der Waals surface area contributed by atoms with Gasteiger partial charge in [-0.3, -0.25) is 0 Å². The Labute approximate surface area is 109 Å². The Balaban J connectivity index is 2.08. The normalized spacial score (nSPS) is 16.8. The number of likely N-dealkylation sites (tertiary alicyclic amines) is 1. The van der Waals surface area contributed by atoms with Crippen LogP contribution in [0.5, 0.6) is 0 Å². The van der Waals surface area contributed by atoms with Crippen LogP contribution in [-0.4, -0.2) is 48.2 Å². The van der Waals surface area contributed by atoms with E-state index in [9.17, 15) is 4.79 Å². The summed E-state index contributed by atoms with van der Waals surface area (Å²) in [5.74, 6) is 0.719. The van der Waals surface area contributed by atoms with Crippen LogP contribution in [0.2, 0.25) is 0 Å². The summed E-state index contributed by atoms with van der Waals surface area (Å²) >= 11 is 5.59. The number of nitrogens with one attached hydrogen (secondary N) is 1. The number of carbonyl (C=O) groups is 1. The molecule has 1 fully saturated rings. The summed E-state index contributed by atoms with van der Waals surface area (Å²) in [4.78, 5) is 13.3. The number of unbranched alkanes of at least 4 members (excludes halogenated alkanes) is 1. The lowest BCUT2D eigenvalue weighted by Crippen LogP contribution is -2.60. The number of carbonyl (C=O) groups excluding carboxylic acids is 1. The monoisotopic (exact) mass is 262 g/mol. The Morgan fingerprint density at radius 1 is 1.41 bits per heavy atom. The first-order chi connectivity index (χ1) is 7.92. The summed E-state index contributed by atoms with van der Waals surface area (Å²) in [5.41, 5.74) is -0.407. The number of halogens is 1. The molecule has 17 heavy (non-hydrogen) atoms. The van der Waals surface area contributed by atoms with Gasteiger partial charge in [-0.05, 0) is 40.2 Å². The Morgan fingerprint density at radius 3 is 2.59 bits per heavy atom. The van der Waals surface area contributed by atoms with Crippen molar-refractivity contribution in [1.29, 1.82) is 0 Å². The minimum absolute atomic E-state index is 0.212. The molecular formula is C12H23ClN2O2. The minimum Gasteiger partial charge on any atom is -0.444 e. The smallest absolute Gasteiger partial charge is 0.410 e. The SMILES string of the molecule is CC(C)(C)OC(=O)N1CC(NCCCCCl)C1. The lowest BCUT2D eigenvalue weighted by Gasteiger charge is -2.40. The van der Waals surface area contributed by atoms with Gasteiger partial charge in [-0.1, -0.05) is 0 Å². The Kier molecular flexibility index (Phi) is 5.53. The van der Waals surface area contributed by atoms with Crippen LogP contribution in [0, 0.1) is 0 Å². The molecule has 1 aliphatic heterocycles. The topological polar surface area (TPSA) is 41.6 Å². The molecule has 0 radical (unpaired) electrons. The highest BCUT2D eigenvalue weighted by molar-refractivity contribution is 6.17. The summed E-state index contributed by atoms with van der Waals surface area (Å²) in [6, 6.07) is 0.415. The highest BCUT2D eigenvalue weighted by atomic mass is 35.5. The fraction of sp³-hybridized carbons (Fsp3) is 0.917. The molecule has 1 rings (SSSR count). The number of rotatable bonds is 5. The van der Waals surface area contributed by atoms with Crippen LogP contribution in [-0.2, 0) is 4.74 Å². The van der Waals surface area contributed by atoms with Gasteiger partial charge in [-0.15, -0.1) is 11.6 Å². The van der Waals surface area contributed by atoms with Gasteiger partial charge in [-0.25, -0.2) is 4.79 Å². The summed E-state index contributed by atoms with van der Waals surface area (Å²) in [6.07, 6.45) is 1.92. The molecule has 1 saturated heterocycles. The molecule has 0 aromatic heterocycles. The third kappa shape index (κ3) is 5.59. The van der Waals surface area contributed by atoms with Crippen LogP contribution >= 0.6 is 11.6 Å². The molecule has 5 heteroatoms. The van der Waals surface area contributed by atoms with Gasteiger partial charge in [0.15, 0.2) is 0 Å². The van der Waals surface area contributed by atoms with Gasteiger partial charge in [-0.2, -0.15) is 0 Å². The summed E-state index contributed by atoms with van der Waals surface area (Å²) in [7, 11) is 0. The van der Waals surface area contributed by atoms with Crippen LogP contribution in [0.3, 0.4) is 0 Å². The largest absolute Gasteiger partial charge is 0.444 e. The molecule has 0 aromatic rings. The van der Waals surface area contributed by atoms with Crippen molar-refractivity contribution in [2.24, 2.45) is 0 Å². The molecule has 0 saturated carbocycles. The van der Waals surface area contributed by atoms with Crippen molar-refractivity contribution in [3.63, 3.8) is 0 Å². The first-order valence-corrected chi connectivity index (χ1v) is 6.73. The quantitative estimate of drug-likeness (QED) is 0.610. The van der Waals surface area contributed by atoms with Crippen molar-refractivity contribution in [2.45, 2.75) is 45.3 Å². The first kappa shape index (κ1) is 14.6. The first-order valence-electron chi connectivity index (χ1n) is 6.19. The van der Waals surface area contributed by atoms with E-state index in [1.165, 1.54) is 0 Å². The maximum atomic E-state index is 11.6. The lowest BCUT2D eigenvalue weighted by molar-refractivity contribution is 0.00537. The van der Waals surface area contributed by atoms with Crippen molar-refractivity contribution < 1.29 is 9.53 Å². The Morgan fingerprint density at radius 2 is 2.06 bits per heavy atom. The van der Waals surface area contributed by atoms with Crippen LogP contribution in [0.15, 0.2) is 0 Å². The van der Waals surface area contributed by atoms with Gasteiger partial charge in [0.05, 0.1) is 0 Å². The van der Waals surface area contributed by atoms with E-state index >= 15 is 0 Å². The molecule has 1 aliphatic rings. The number of amides is 1. The average molecular weight is 263 g/mol. The number of ether oxygens (including phenoxy) is 1. The highest BCUT2D eigenvalue weighted by Crippen LogP contribution is 2.15. The molecule has 1 heterocycles. The lowest BCUT2D eigenvalue weighted by atomic mass is 10.1. The number of hydrogen-bond acceptors (Lipinski definition) is 3.